The summed E-state index contributed by atoms with van der Waals surface area (Å²) in [6.45, 7) is -1.50. The molecule has 0 bridgehead atoms. The Kier molecular flexibility index (Phi) is 8.89. The van der Waals surface area contributed by atoms with Gasteiger partial charge in [0.15, 0.2) is 0 Å². The molecule has 0 radical (unpaired) electrons. The van der Waals surface area contributed by atoms with Gasteiger partial charge in [-0.25, -0.2) is 4.79 Å². The van der Waals surface area contributed by atoms with E-state index >= 15 is 0 Å². The number of hydrogen-bond donors (Lipinski definition) is 8. The molecule has 0 aliphatic heterocycles. The number of aliphatic hydroxyl groups is 1. The van der Waals surface area contributed by atoms with Gasteiger partial charge in [0, 0.05) is 17.1 Å². The van der Waals surface area contributed by atoms with Crippen molar-refractivity contribution in [3.63, 3.8) is 0 Å². The molecule has 0 aliphatic rings. The van der Waals surface area contributed by atoms with Crippen LogP contribution in [0, 0.1) is 0 Å². The maximum atomic E-state index is 12.5. The number of aromatic amines is 1. The molecule has 1 aromatic heterocycles. The first-order chi connectivity index (χ1) is 15.6. The maximum Gasteiger partial charge on any atom is 0.328 e. The molecule has 0 spiro atoms. The summed E-state index contributed by atoms with van der Waals surface area (Å²) in [6, 6.07) is 3.44. The number of hydrogen-bond acceptors (Lipinski definition) is 7. The van der Waals surface area contributed by atoms with Crippen LogP contribution in [0.1, 0.15) is 12.0 Å². The van der Waals surface area contributed by atoms with Crippen LogP contribution in [-0.2, 0) is 30.4 Å². The monoisotopic (exact) mass is 462 g/mol. The summed E-state index contributed by atoms with van der Waals surface area (Å²) in [5, 5.41) is 25.1. The summed E-state index contributed by atoms with van der Waals surface area (Å²) >= 11 is 0. The predicted octanol–water partition coefficient (Wildman–Crippen LogP) is -2.92. The zero-order valence-electron chi connectivity index (χ0n) is 17.5. The number of nitrogens with one attached hydrogen (secondary N) is 4. The number of aliphatic carboxylic acids is 1. The zero-order chi connectivity index (χ0) is 24.5. The van der Waals surface area contributed by atoms with Gasteiger partial charge in [0.1, 0.15) is 12.1 Å². The SMILES string of the molecule is NC(=O)CC(NC(=O)C(N)Cc1c[nH]c2ccccc12)C(=O)NCC(=O)NC(CO)C(=O)O. The molecule has 3 unspecified atom stereocenters. The summed E-state index contributed by atoms with van der Waals surface area (Å²) in [6.07, 6.45) is 1.33. The lowest BCUT2D eigenvalue weighted by Gasteiger charge is -2.20. The number of benzene rings is 1. The van der Waals surface area contributed by atoms with Crippen molar-refractivity contribution in [1.82, 2.24) is 20.9 Å². The van der Waals surface area contributed by atoms with Crippen LogP contribution in [0.2, 0.25) is 0 Å². The fourth-order valence-corrected chi connectivity index (χ4v) is 3.04. The Labute approximate surface area is 187 Å². The highest BCUT2D eigenvalue weighted by atomic mass is 16.4. The predicted molar refractivity (Wildman–Crippen MR) is 115 cm³/mol. The molecule has 10 N–H and O–H groups in total. The highest BCUT2D eigenvalue weighted by Crippen LogP contribution is 2.18. The van der Waals surface area contributed by atoms with Gasteiger partial charge in [0.2, 0.25) is 23.6 Å². The van der Waals surface area contributed by atoms with Crippen LogP contribution in [-0.4, -0.2) is 76.1 Å². The number of fused-ring (bicyclic) bond motifs is 1. The number of carboxylic acid groups (broad SMARTS) is 1. The minimum Gasteiger partial charge on any atom is -0.480 e. The van der Waals surface area contributed by atoms with Gasteiger partial charge in [0.25, 0.3) is 0 Å². The van der Waals surface area contributed by atoms with Crippen LogP contribution in [0.15, 0.2) is 30.5 Å². The van der Waals surface area contributed by atoms with Crippen molar-refractivity contribution in [1.29, 1.82) is 0 Å². The van der Waals surface area contributed by atoms with Gasteiger partial charge in [0.05, 0.1) is 25.6 Å². The molecule has 0 fully saturated rings. The van der Waals surface area contributed by atoms with Crippen molar-refractivity contribution in [3.8, 4) is 0 Å². The second kappa shape index (κ2) is 11.6. The highest BCUT2D eigenvalue weighted by molar-refractivity contribution is 5.95. The Balaban J connectivity index is 1.96. The second-order valence-corrected chi connectivity index (χ2v) is 7.26. The van der Waals surface area contributed by atoms with Gasteiger partial charge in [-0.2, -0.15) is 0 Å². The minimum absolute atomic E-state index is 0.154. The molecule has 1 heterocycles. The molecule has 33 heavy (non-hydrogen) atoms. The van der Waals surface area contributed by atoms with Crippen LogP contribution < -0.4 is 27.4 Å². The summed E-state index contributed by atoms with van der Waals surface area (Å²) < 4.78 is 0. The summed E-state index contributed by atoms with van der Waals surface area (Å²) in [4.78, 5) is 62.0. The van der Waals surface area contributed by atoms with Gasteiger partial charge in [-0.1, -0.05) is 18.2 Å². The molecule has 2 aromatic rings. The number of carboxylic acids is 1. The van der Waals surface area contributed by atoms with Crippen molar-refractivity contribution in [3.05, 3.63) is 36.0 Å². The largest absolute Gasteiger partial charge is 0.480 e. The van der Waals surface area contributed by atoms with Crippen LogP contribution in [0.4, 0.5) is 0 Å². The molecule has 0 aliphatic carbocycles. The molecule has 178 valence electrons. The Hall–Kier alpha value is -3.97. The molecule has 0 saturated heterocycles. The average Bonchev–Trinajstić information content (AvgIpc) is 3.17. The fourth-order valence-electron chi connectivity index (χ4n) is 3.04. The first kappa shape index (κ1) is 25.3. The lowest BCUT2D eigenvalue weighted by molar-refractivity contribution is -0.143. The number of aliphatic hydroxyl groups excluding tert-OH is 1. The first-order valence-electron chi connectivity index (χ1n) is 9.92. The van der Waals surface area contributed by atoms with E-state index in [0.29, 0.717) is 0 Å². The van der Waals surface area contributed by atoms with E-state index in [-0.39, 0.29) is 6.42 Å². The van der Waals surface area contributed by atoms with Gasteiger partial charge >= 0.3 is 5.97 Å². The second-order valence-electron chi connectivity index (χ2n) is 7.26. The Morgan fingerprint density at radius 2 is 1.73 bits per heavy atom. The van der Waals surface area contributed by atoms with Crippen molar-refractivity contribution < 1.29 is 34.2 Å². The third-order valence-corrected chi connectivity index (χ3v) is 4.73. The van der Waals surface area contributed by atoms with E-state index in [9.17, 15) is 24.0 Å². The molecule has 13 nitrogen and oxygen atoms in total. The van der Waals surface area contributed by atoms with Crippen molar-refractivity contribution in [2.45, 2.75) is 31.0 Å². The number of rotatable bonds is 12. The number of para-hydroxylation sites is 1. The molecule has 1 aromatic carbocycles. The van der Waals surface area contributed by atoms with Gasteiger partial charge < -0.3 is 42.6 Å². The fraction of sp³-hybridized carbons (Fsp3) is 0.350. The van der Waals surface area contributed by atoms with Crippen molar-refractivity contribution >= 4 is 40.5 Å². The van der Waals surface area contributed by atoms with E-state index in [2.05, 4.69) is 15.6 Å². The van der Waals surface area contributed by atoms with E-state index in [1.807, 2.05) is 29.6 Å². The molecule has 13 heteroatoms. The first-order valence-corrected chi connectivity index (χ1v) is 9.92. The van der Waals surface area contributed by atoms with Crippen molar-refractivity contribution in [2.24, 2.45) is 11.5 Å². The number of H-pyrrole nitrogens is 1. The van der Waals surface area contributed by atoms with Gasteiger partial charge in [-0.3, -0.25) is 19.2 Å². The summed E-state index contributed by atoms with van der Waals surface area (Å²) in [7, 11) is 0. The minimum atomic E-state index is -1.54. The highest BCUT2D eigenvalue weighted by Gasteiger charge is 2.27. The number of nitrogens with two attached hydrogens (primary N) is 2. The average molecular weight is 462 g/mol. The Bertz CT molecular complexity index is 1040. The van der Waals surface area contributed by atoms with E-state index in [1.54, 1.807) is 6.20 Å². The van der Waals surface area contributed by atoms with Crippen LogP contribution in [0.25, 0.3) is 10.9 Å². The van der Waals surface area contributed by atoms with Crippen molar-refractivity contribution in [2.75, 3.05) is 13.2 Å². The third-order valence-electron chi connectivity index (χ3n) is 4.73. The Morgan fingerprint density at radius 1 is 1.03 bits per heavy atom. The normalized spacial score (nSPS) is 13.5. The summed E-state index contributed by atoms with van der Waals surface area (Å²) in [5.74, 6) is -4.84. The topological polar surface area (TPSA) is 230 Å². The molecule has 4 amide bonds. The summed E-state index contributed by atoms with van der Waals surface area (Å²) in [5.41, 5.74) is 12.8. The number of amides is 4. The molecule has 2 rings (SSSR count). The molecular formula is C20H26N6O7. The van der Waals surface area contributed by atoms with Crippen LogP contribution >= 0.6 is 0 Å². The lowest BCUT2D eigenvalue weighted by atomic mass is 10.0. The number of carbonyl (C=O) groups excluding carboxylic acids is 4. The van der Waals surface area contributed by atoms with Crippen LogP contribution in [0.3, 0.4) is 0 Å². The van der Waals surface area contributed by atoms with Gasteiger partial charge in [-0.05, 0) is 18.1 Å². The standard InChI is InChI=1S/C20H26N6O7/c21-12(5-10-7-23-13-4-2-1-3-11(10)13)18(30)26-14(6-16(22)28)19(31)24-8-17(29)25-15(9-27)20(32)33/h1-4,7,12,14-15,23,27H,5-6,8-9,21H2,(H2,22,28)(H,24,31)(H,25,29)(H,26,30)(H,32,33). The van der Waals surface area contributed by atoms with Gasteiger partial charge in [-0.15, -0.1) is 0 Å². The van der Waals surface area contributed by atoms with E-state index in [4.69, 9.17) is 21.7 Å². The maximum absolute atomic E-state index is 12.5. The van der Waals surface area contributed by atoms with E-state index in [1.165, 1.54) is 0 Å². The zero-order valence-corrected chi connectivity index (χ0v) is 17.5. The molecule has 3 atom stereocenters. The van der Waals surface area contributed by atoms with Crippen LogP contribution in [0.5, 0.6) is 0 Å². The molecule has 0 saturated carbocycles. The van der Waals surface area contributed by atoms with E-state index in [0.717, 1.165) is 16.5 Å². The van der Waals surface area contributed by atoms with E-state index < -0.39 is 67.3 Å². The number of carbonyl (C=O) groups is 5. The molecular weight excluding hydrogens is 436 g/mol. The number of primary amides is 1. The Morgan fingerprint density at radius 3 is 2.36 bits per heavy atom. The lowest BCUT2D eigenvalue weighted by Crippen LogP contribution is -2.55. The smallest absolute Gasteiger partial charge is 0.328 e. The quantitative estimate of drug-likeness (QED) is 0.162. The third kappa shape index (κ3) is 7.29. The number of aromatic nitrogens is 1.